The number of ketones is 1. The van der Waals surface area contributed by atoms with E-state index in [1.54, 1.807) is 6.92 Å². The number of nitrogens with zero attached hydrogens (tertiary/aromatic N) is 1. The van der Waals surface area contributed by atoms with E-state index in [4.69, 9.17) is 4.74 Å². The lowest BCUT2D eigenvalue weighted by Crippen LogP contribution is -2.54. The summed E-state index contributed by atoms with van der Waals surface area (Å²) in [7, 11) is -4.61. The molecule has 2 aromatic rings. The van der Waals surface area contributed by atoms with Crippen LogP contribution in [0.5, 0.6) is 0 Å². The number of fused-ring (bicyclic) bond motifs is 1. The lowest BCUT2D eigenvalue weighted by molar-refractivity contribution is -0.376. The van der Waals surface area contributed by atoms with Crippen molar-refractivity contribution in [2.45, 2.75) is 67.9 Å². The number of alkyl halides is 6. The number of rotatable bonds is 7. The van der Waals surface area contributed by atoms with E-state index >= 15 is 0 Å². The molecular formula is C26H24F7NO6S. The number of cyclic esters (lactones) is 1. The molecule has 0 saturated carbocycles. The van der Waals surface area contributed by atoms with Crippen molar-refractivity contribution in [3.63, 3.8) is 0 Å². The Bertz CT molecular complexity index is 1440. The van der Waals surface area contributed by atoms with Gasteiger partial charge in [-0.1, -0.05) is 19.1 Å². The Morgan fingerprint density at radius 1 is 1.07 bits per heavy atom. The molecule has 224 valence electrons. The minimum absolute atomic E-state index is 0.0211. The van der Waals surface area contributed by atoms with Crippen LogP contribution < -0.4 is 4.31 Å². The van der Waals surface area contributed by atoms with Crippen molar-refractivity contribution in [2.75, 3.05) is 10.9 Å². The highest BCUT2D eigenvalue weighted by Crippen LogP contribution is 2.51. The number of halogens is 7. The molecule has 15 heteroatoms. The van der Waals surface area contributed by atoms with E-state index in [9.17, 15) is 53.8 Å². The number of carbonyl (C=O) groups is 2. The first kappa shape index (κ1) is 30.8. The maximum atomic E-state index is 13.7. The fraction of sp³-hybridized carbons (Fsp3) is 0.462. The van der Waals surface area contributed by atoms with Gasteiger partial charge in [-0.15, -0.1) is 0 Å². The predicted molar refractivity (Wildman–Crippen MR) is 129 cm³/mol. The summed E-state index contributed by atoms with van der Waals surface area (Å²) in [6, 6.07) is 3.96. The molecule has 0 aromatic heterocycles. The predicted octanol–water partition coefficient (Wildman–Crippen LogP) is 4.95. The van der Waals surface area contributed by atoms with Crippen LogP contribution in [0.2, 0.25) is 0 Å². The highest BCUT2D eigenvalue weighted by atomic mass is 32.2. The summed E-state index contributed by atoms with van der Waals surface area (Å²) in [5.41, 5.74) is -8.14. The second kappa shape index (κ2) is 10.3. The van der Waals surface area contributed by atoms with Crippen LogP contribution in [-0.2, 0) is 36.4 Å². The summed E-state index contributed by atoms with van der Waals surface area (Å²) in [6.07, 6.45) is -13.3. The van der Waals surface area contributed by atoms with Crippen LogP contribution in [-0.4, -0.2) is 50.3 Å². The van der Waals surface area contributed by atoms with Gasteiger partial charge >= 0.3 is 18.3 Å². The fourth-order valence-electron chi connectivity index (χ4n) is 5.21. The van der Waals surface area contributed by atoms with Crippen molar-refractivity contribution in [1.29, 1.82) is 0 Å². The van der Waals surface area contributed by atoms with Gasteiger partial charge in [0.25, 0.3) is 15.6 Å². The summed E-state index contributed by atoms with van der Waals surface area (Å²) >= 11 is 0. The molecule has 41 heavy (non-hydrogen) atoms. The summed E-state index contributed by atoms with van der Waals surface area (Å²) in [4.78, 5) is 24.1. The Morgan fingerprint density at radius 2 is 1.68 bits per heavy atom. The zero-order valence-corrected chi connectivity index (χ0v) is 22.2. The molecule has 0 radical (unpaired) electrons. The number of hydrogen-bond donors (Lipinski definition) is 1. The first-order valence-corrected chi connectivity index (χ1v) is 13.7. The average molecular weight is 612 g/mol. The van der Waals surface area contributed by atoms with Gasteiger partial charge in [-0.2, -0.15) is 26.3 Å². The van der Waals surface area contributed by atoms with Gasteiger partial charge in [-0.3, -0.25) is 13.9 Å². The van der Waals surface area contributed by atoms with Crippen molar-refractivity contribution >= 4 is 27.5 Å². The van der Waals surface area contributed by atoms with Crippen LogP contribution in [0, 0.1) is 11.2 Å². The highest BCUT2D eigenvalue weighted by Gasteiger charge is 2.71. The van der Waals surface area contributed by atoms with Crippen molar-refractivity contribution in [3.05, 3.63) is 59.4 Å². The number of hydrogen-bond acceptors (Lipinski definition) is 6. The van der Waals surface area contributed by atoms with E-state index in [1.807, 2.05) is 0 Å². The number of Topliss-reactive ketones (excluding diaryl/α,β-unsaturated/α-hetero) is 1. The fourth-order valence-corrected chi connectivity index (χ4v) is 6.93. The number of ether oxygens (including phenoxy) is 1. The summed E-state index contributed by atoms with van der Waals surface area (Å²) in [6.45, 7) is 1.62. The van der Waals surface area contributed by atoms with E-state index in [2.05, 4.69) is 0 Å². The maximum absolute atomic E-state index is 13.7. The zero-order chi connectivity index (χ0) is 30.6. The van der Waals surface area contributed by atoms with Gasteiger partial charge < -0.3 is 9.84 Å². The number of anilines is 1. The monoisotopic (exact) mass is 611 g/mol. The van der Waals surface area contributed by atoms with E-state index in [0.29, 0.717) is 12.1 Å². The maximum Gasteiger partial charge on any atom is 0.430 e. The molecule has 2 heterocycles. The van der Waals surface area contributed by atoms with Crippen LogP contribution in [0.15, 0.2) is 47.4 Å². The lowest BCUT2D eigenvalue weighted by Gasteiger charge is -2.39. The van der Waals surface area contributed by atoms with E-state index in [-0.39, 0.29) is 50.0 Å². The molecule has 7 nitrogen and oxygen atoms in total. The van der Waals surface area contributed by atoms with Gasteiger partial charge in [-0.25, -0.2) is 12.8 Å². The largest absolute Gasteiger partial charge is 0.465 e. The quantitative estimate of drug-likeness (QED) is 0.352. The van der Waals surface area contributed by atoms with Crippen molar-refractivity contribution in [1.82, 2.24) is 0 Å². The van der Waals surface area contributed by atoms with Crippen LogP contribution in [0.4, 0.5) is 36.4 Å². The highest BCUT2D eigenvalue weighted by molar-refractivity contribution is 7.92. The molecule has 1 fully saturated rings. The summed E-state index contributed by atoms with van der Waals surface area (Å²) in [5, 5.41) is 9.84. The van der Waals surface area contributed by atoms with Crippen molar-refractivity contribution in [3.8, 4) is 0 Å². The van der Waals surface area contributed by atoms with E-state index in [0.717, 1.165) is 34.6 Å². The molecule has 1 N–H and O–H groups in total. The smallest absolute Gasteiger partial charge is 0.430 e. The minimum Gasteiger partial charge on any atom is -0.465 e. The molecule has 0 spiro atoms. The van der Waals surface area contributed by atoms with E-state index in [1.165, 1.54) is 0 Å². The number of esters is 1. The average Bonchev–Trinajstić information content (AvgIpc) is 3.19. The van der Waals surface area contributed by atoms with Crippen molar-refractivity contribution < 1.29 is 58.6 Å². The van der Waals surface area contributed by atoms with Crippen LogP contribution in [0.3, 0.4) is 0 Å². The summed E-state index contributed by atoms with van der Waals surface area (Å²) < 4.78 is 128. The van der Waals surface area contributed by atoms with Gasteiger partial charge in [0, 0.05) is 23.8 Å². The topological polar surface area (TPSA) is 101 Å². The number of sulfonamides is 1. The second-order valence-corrected chi connectivity index (χ2v) is 12.4. The van der Waals surface area contributed by atoms with Crippen molar-refractivity contribution in [2.24, 2.45) is 5.41 Å². The van der Waals surface area contributed by atoms with Crippen LogP contribution in [0.1, 0.15) is 43.7 Å². The third kappa shape index (κ3) is 5.65. The molecule has 0 aliphatic carbocycles. The molecule has 1 saturated heterocycles. The van der Waals surface area contributed by atoms with Gasteiger partial charge in [0.15, 0.2) is 0 Å². The van der Waals surface area contributed by atoms with Gasteiger partial charge in [0.2, 0.25) is 0 Å². The SMILES string of the molecule is CC1(CC(=O)C[C@@H]2CCc3cc(C(O)(C(F)(F)F)C(F)(F)F)ccc3N2S(=O)(=O)c2ccc(F)cc2)COC(=O)C1. The van der Waals surface area contributed by atoms with Gasteiger partial charge in [0.05, 0.1) is 29.7 Å². The Labute approximate surface area is 229 Å². The number of aryl methyl sites for hydroxylation is 1. The Balaban J connectivity index is 1.77. The Kier molecular flexibility index (Phi) is 7.70. The van der Waals surface area contributed by atoms with Crippen LogP contribution in [0.25, 0.3) is 0 Å². The molecule has 4 rings (SSSR count). The Morgan fingerprint density at radius 3 is 2.22 bits per heavy atom. The Hall–Kier alpha value is -3.20. The molecule has 2 atom stereocenters. The number of carbonyl (C=O) groups excluding carboxylic acids is 2. The summed E-state index contributed by atoms with van der Waals surface area (Å²) in [5.74, 6) is -1.71. The first-order valence-electron chi connectivity index (χ1n) is 12.3. The van der Waals surface area contributed by atoms with E-state index < -0.39 is 67.5 Å². The first-order chi connectivity index (χ1) is 18.8. The lowest BCUT2D eigenvalue weighted by atomic mass is 9.82. The minimum atomic E-state index is -6.15. The molecule has 1 unspecified atom stereocenters. The standard InChI is InChI=1S/C26H24F7NO6S/c1-23(13-22(36)40-14-23)12-19(35)11-18-6-2-15-10-16(24(37,25(28,29)30)26(31,32)33)3-9-21(15)34(18)41(38,39)20-7-4-17(27)5-8-20/h3-5,7-10,18,37H,2,6,11-14H2,1H3/t18-,23?/m0/s1. The zero-order valence-electron chi connectivity index (χ0n) is 21.4. The molecule has 0 bridgehead atoms. The molecule has 2 aromatic carbocycles. The van der Waals surface area contributed by atoms with Gasteiger partial charge in [-0.05, 0) is 48.7 Å². The molecular weight excluding hydrogens is 587 g/mol. The van der Waals surface area contributed by atoms with Crippen LogP contribution >= 0.6 is 0 Å². The molecule has 2 aliphatic heterocycles. The number of aliphatic hydroxyl groups is 1. The third-order valence-corrected chi connectivity index (χ3v) is 9.12. The third-order valence-electron chi connectivity index (χ3n) is 7.24. The normalized spacial score (nSPS) is 21.9. The van der Waals surface area contributed by atoms with Gasteiger partial charge in [0.1, 0.15) is 11.6 Å². The second-order valence-electron chi connectivity index (χ2n) is 10.6. The number of benzene rings is 2. The molecule has 0 amide bonds. The molecule has 2 aliphatic rings.